The van der Waals surface area contributed by atoms with E-state index in [1.54, 1.807) is 18.2 Å². The quantitative estimate of drug-likeness (QED) is 0.760. The van der Waals surface area contributed by atoms with Crippen LogP contribution in [0.2, 0.25) is 0 Å². The molecule has 0 saturated carbocycles. The van der Waals surface area contributed by atoms with Crippen LogP contribution in [0.3, 0.4) is 0 Å². The fourth-order valence-corrected chi connectivity index (χ4v) is 2.12. The first-order valence-corrected chi connectivity index (χ1v) is 7.18. The number of rotatable bonds is 7. The summed E-state index contributed by atoms with van der Waals surface area (Å²) in [6.07, 6.45) is 2.22. The average Bonchev–Trinajstić information content (AvgIpc) is 3.04. The third-order valence-corrected chi connectivity index (χ3v) is 3.50. The van der Waals surface area contributed by atoms with E-state index in [1.807, 2.05) is 0 Å². The zero-order chi connectivity index (χ0) is 15.9. The maximum atomic E-state index is 11.7. The Kier molecular flexibility index (Phi) is 5.60. The van der Waals surface area contributed by atoms with Gasteiger partial charge in [0.2, 0.25) is 0 Å². The van der Waals surface area contributed by atoms with Gasteiger partial charge in [-0.2, -0.15) is 0 Å². The highest BCUT2D eigenvalue weighted by molar-refractivity contribution is 9.10. The summed E-state index contributed by atoms with van der Waals surface area (Å²) in [4.78, 5) is 22.7. The van der Waals surface area contributed by atoms with Crippen LogP contribution in [-0.2, 0) is 11.3 Å². The van der Waals surface area contributed by atoms with Crippen molar-refractivity contribution in [2.45, 2.75) is 6.54 Å². The number of nitrogens with one attached hydrogen (secondary N) is 1. The van der Waals surface area contributed by atoms with Gasteiger partial charge < -0.3 is 19.2 Å². The van der Waals surface area contributed by atoms with Crippen LogP contribution in [0.15, 0.2) is 39.4 Å². The molecule has 0 radical (unpaired) electrons. The lowest BCUT2D eigenvalue weighted by molar-refractivity contribution is -0.123. The maximum Gasteiger partial charge on any atom is 0.258 e. The summed E-state index contributed by atoms with van der Waals surface area (Å²) in [6.45, 7) is 0.0866. The standard InChI is InChI=1S/C15H14BrNO5/c1-20-13-6-12(16)10(8-18)5-14(13)22-9-15(19)17-7-11-3-2-4-21-11/h2-6,8H,7,9H2,1H3,(H,17,19). The molecule has 0 unspecified atom stereocenters. The van der Waals surface area contributed by atoms with Crippen LogP contribution in [0.5, 0.6) is 11.5 Å². The highest BCUT2D eigenvalue weighted by Crippen LogP contribution is 2.32. The van der Waals surface area contributed by atoms with Gasteiger partial charge >= 0.3 is 0 Å². The second-order valence-electron chi connectivity index (χ2n) is 4.29. The number of carbonyl (C=O) groups is 2. The first-order chi connectivity index (χ1) is 10.6. The number of hydrogen-bond acceptors (Lipinski definition) is 5. The molecular formula is C15H14BrNO5. The van der Waals surface area contributed by atoms with Crippen molar-refractivity contribution in [3.8, 4) is 11.5 Å². The molecule has 1 N–H and O–H groups in total. The summed E-state index contributed by atoms with van der Waals surface area (Å²) in [5, 5.41) is 2.66. The molecule has 1 aromatic heterocycles. The van der Waals surface area contributed by atoms with Gasteiger partial charge in [0.25, 0.3) is 5.91 Å². The van der Waals surface area contributed by atoms with Crippen molar-refractivity contribution < 1.29 is 23.5 Å². The van der Waals surface area contributed by atoms with Crippen molar-refractivity contribution in [1.82, 2.24) is 5.32 Å². The fraction of sp³-hybridized carbons (Fsp3) is 0.200. The van der Waals surface area contributed by atoms with Crippen LogP contribution in [0.1, 0.15) is 16.1 Å². The lowest BCUT2D eigenvalue weighted by atomic mass is 10.2. The van der Waals surface area contributed by atoms with E-state index in [4.69, 9.17) is 13.9 Å². The Bertz CT molecular complexity index is 654. The average molecular weight is 368 g/mol. The van der Waals surface area contributed by atoms with Gasteiger partial charge in [0, 0.05) is 10.0 Å². The first-order valence-electron chi connectivity index (χ1n) is 6.38. The number of ether oxygens (including phenoxy) is 2. The fourth-order valence-electron chi connectivity index (χ4n) is 1.71. The minimum atomic E-state index is -0.311. The van der Waals surface area contributed by atoms with Crippen molar-refractivity contribution >= 4 is 28.1 Å². The van der Waals surface area contributed by atoms with E-state index in [9.17, 15) is 9.59 Å². The van der Waals surface area contributed by atoms with Crippen molar-refractivity contribution in [3.63, 3.8) is 0 Å². The lowest BCUT2D eigenvalue weighted by Gasteiger charge is -2.12. The van der Waals surface area contributed by atoms with Gasteiger partial charge in [0.1, 0.15) is 5.76 Å². The van der Waals surface area contributed by atoms with Crippen molar-refractivity contribution in [1.29, 1.82) is 0 Å². The zero-order valence-corrected chi connectivity index (χ0v) is 13.4. The molecule has 2 aromatic rings. The molecule has 0 saturated heterocycles. The highest BCUT2D eigenvalue weighted by atomic mass is 79.9. The molecule has 7 heteroatoms. The van der Waals surface area contributed by atoms with Gasteiger partial charge in [-0.15, -0.1) is 0 Å². The Morgan fingerprint density at radius 3 is 2.86 bits per heavy atom. The molecule has 6 nitrogen and oxygen atoms in total. The van der Waals surface area contributed by atoms with E-state index in [2.05, 4.69) is 21.2 Å². The smallest absolute Gasteiger partial charge is 0.258 e. The molecule has 116 valence electrons. The molecule has 0 aliphatic carbocycles. The number of amides is 1. The molecular weight excluding hydrogens is 354 g/mol. The van der Waals surface area contributed by atoms with Crippen molar-refractivity contribution in [2.75, 3.05) is 13.7 Å². The van der Waals surface area contributed by atoms with Crippen LogP contribution >= 0.6 is 15.9 Å². The maximum absolute atomic E-state index is 11.7. The molecule has 0 atom stereocenters. The SMILES string of the molecule is COc1cc(Br)c(C=O)cc1OCC(=O)NCc1ccco1. The first kappa shape index (κ1) is 16.1. The molecule has 22 heavy (non-hydrogen) atoms. The lowest BCUT2D eigenvalue weighted by Crippen LogP contribution is -2.28. The summed E-state index contributed by atoms with van der Waals surface area (Å²) < 4.78 is 16.3. The number of furan rings is 1. The molecule has 0 spiro atoms. The molecule has 0 aliphatic rings. The van der Waals surface area contributed by atoms with E-state index in [0.717, 1.165) is 0 Å². The van der Waals surface area contributed by atoms with Crippen LogP contribution in [-0.4, -0.2) is 25.9 Å². The van der Waals surface area contributed by atoms with Crippen LogP contribution in [0.4, 0.5) is 0 Å². The third kappa shape index (κ3) is 4.11. The van der Waals surface area contributed by atoms with Gasteiger partial charge in [-0.25, -0.2) is 0 Å². The normalized spacial score (nSPS) is 10.1. The summed E-state index contributed by atoms with van der Waals surface area (Å²) in [5.74, 6) is 1.09. The Morgan fingerprint density at radius 2 is 2.23 bits per heavy atom. The predicted molar refractivity (Wildman–Crippen MR) is 82.1 cm³/mol. The molecule has 0 fully saturated rings. The van der Waals surface area contributed by atoms with Gasteiger partial charge in [0.15, 0.2) is 24.4 Å². The molecule has 0 bridgehead atoms. The van der Waals surface area contributed by atoms with Crippen molar-refractivity contribution in [3.05, 3.63) is 46.3 Å². The molecule has 1 heterocycles. The van der Waals surface area contributed by atoms with Crippen LogP contribution in [0.25, 0.3) is 0 Å². The minimum Gasteiger partial charge on any atom is -0.493 e. The number of aldehydes is 1. The molecule has 1 amide bonds. The van der Waals surface area contributed by atoms with Crippen LogP contribution in [0, 0.1) is 0 Å². The summed E-state index contributed by atoms with van der Waals surface area (Å²) in [7, 11) is 1.48. The van der Waals surface area contributed by atoms with E-state index >= 15 is 0 Å². The number of carbonyl (C=O) groups excluding carboxylic acids is 2. The number of halogens is 1. The number of benzene rings is 1. The van der Waals surface area contributed by atoms with E-state index in [1.165, 1.54) is 19.4 Å². The number of methoxy groups -OCH3 is 1. The Hall–Kier alpha value is -2.28. The third-order valence-electron chi connectivity index (χ3n) is 2.81. The van der Waals surface area contributed by atoms with Gasteiger partial charge in [0.05, 0.1) is 19.9 Å². The van der Waals surface area contributed by atoms with Gasteiger partial charge in [-0.3, -0.25) is 9.59 Å². The highest BCUT2D eigenvalue weighted by Gasteiger charge is 2.12. The Balaban J connectivity index is 1.95. The largest absolute Gasteiger partial charge is 0.493 e. The monoisotopic (exact) mass is 367 g/mol. The van der Waals surface area contributed by atoms with Crippen LogP contribution < -0.4 is 14.8 Å². The predicted octanol–water partition coefficient (Wildman–Crippen LogP) is 2.56. The topological polar surface area (TPSA) is 77.8 Å². The Morgan fingerprint density at radius 1 is 1.41 bits per heavy atom. The second-order valence-corrected chi connectivity index (χ2v) is 5.14. The van der Waals surface area contributed by atoms with Gasteiger partial charge in [-0.05, 0) is 40.2 Å². The van der Waals surface area contributed by atoms with E-state index in [-0.39, 0.29) is 19.1 Å². The minimum absolute atomic E-state index is 0.197. The Labute approximate surface area is 135 Å². The second kappa shape index (κ2) is 7.65. The summed E-state index contributed by atoms with van der Waals surface area (Å²) in [5.41, 5.74) is 0.409. The summed E-state index contributed by atoms with van der Waals surface area (Å²) in [6, 6.07) is 6.62. The van der Waals surface area contributed by atoms with E-state index < -0.39 is 0 Å². The van der Waals surface area contributed by atoms with Crippen molar-refractivity contribution in [2.24, 2.45) is 0 Å². The summed E-state index contributed by atoms with van der Waals surface area (Å²) >= 11 is 3.25. The van der Waals surface area contributed by atoms with Gasteiger partial charge in [-0.1, -0.05) is 0 Å². The number of hydrogen-bond donors (Lipinski definition) is 1. The van der Waals surface area contributed by atoms with E-state index in [0.29, 0.717) is 33.6 Å². The zero-order valence-electron chi connectivity index (χ0n) is 11.8. The molecule has 0 aliphatic heterocycles. The molecule has 1 aromatic carbocycles. The molecule has 2 rings (SSSR count).